The minimum absolute atomic E-state index is 0.206. The van der Waals surface area contributed by atoms with Gasteiger partial charge in [-0.1, -0.05) is 55.5 Å². The van der Waals surface area contributed by atoms with Gasteiger partial charge in [-0.15, -0.1) is 0 Å². The van der Waals surface area contributed by atoms with E-state index in [2.05, 4.69) is 0 Å². The molecular weight excluding hydrogens is 497 g/mol. The minimum Gasteiger partial charge on any atom is -0.457 e. The van der Waals surface area contributed by atoms with Crippen LogP contribution in [0.1, 0.15) is 12.5 Å². The van der Waals surface area contributed by atoms with Crippen LogP contribution in [-0.4, -0.2) is 38.3 Å². The number of ether oxygens (including phenoxy) is 1. The molecule has 0 saturated heterocycles. The monoisotopic (exact) mass is 522 g/mol. The first-order valence-electron chi connectivity index (χ1n) is 10.9. The number of halogens is 3. The first kappa shape index (κ1) is 27.2. The molecule has 1 atom stereocenters. The van der Waals surface area contributed by atoms with Crippen molar-refractivity contribution in [2.45, 2.75) is 30.1 Å². The Bertz CT molecular complexity index is 1240. The second-order valence-electron chi connectivity index (χ2n) is 7.78. The van der Waals surface area contributed by atoms with Crippen LogP contribution in [-0.2, 0) is 26.1 Å². The van der Waals surface area contributed by atoms with Crippen LogP contribution in [0.2, 0.25) is 0 Å². The molecule has 11 heteroatoms. The summed E-state index contributed by atoms with van der Waals surface area (Å²) < 4.78 is 74.4. The smallest absolute Gasteiger partial charge is 0.416 e. The van der Waals surface area contributed by atoms with Gasteiger partial charge in [0.15, 0.2) is 9.84 Å². The maximum absolute atomic E-state index is 14.3. The summed E-state index contributed by atoms with van der Waals surface area (Å²) in [5.41, 5.74) is -1.08. The van der Waals surface area contributed by atoms with Gasteiger partial charge in [0.25, 0.3) is 5.91 Å². The quantitative estimate of drug-likeness (QED) is 0.363. The molecule has 0 fully saturated rings. The molecule has 0 saturated carbocycles. The van der Waals surface area contributed by atoms with Gasteiger partial charge in [-0.25, -0.2) is 13.9 Å². The normalized spacial score (nSPS) is 13.6. The topological polar surface area (TPSA) is 93.7 Å². The highest BCUT2D eigenvalue weighted by Crippen LogP contribution is 2.34. The van der Waals surface area contributed by atoms with Crippen LogP contribution in [0.5, 0.6) is 11.5 Å². The molecule has 1 unspecified atom stereocenters. The first-order chi connectivity index (χ1) is 17.1. The third kappa shape index (κ3) is 6.62. The molecule has 1 amide bonds. The number of carbonyl (C=O) groups excluding carboxylic acids is 1. The van der Waals surface area contributed by atoms with Crippen LogP contribution in [0.3, 0.4) is 0 Å². The molecule has 0 aliphatic carbocycles. The molecule has 0 heterocycles. The Morgan fingerprint density at radius 2 is 1.42 bits per heavy atom. The van der Waals surface area contributed by atoms with Crippen LogP contribution in [0.4, 0.5) is 13.2 Å². The largest absolute Gasteiger partial charge is 0.457 e. The van der Waals surface area contributed by atoms with Crippen LogP contribution < -0.4 is 15.5 Å². The molecule has 2 N–H and O–H groups in total. The SMILES string of the molecule is CCNC(CS(=O)(=O)c1ccc(Oc2ccccc2)cc1)(C(=O)NOCc1ccccc1)C(F)(F)F. The number of sulfone groups is 1. The minimum atomic E-state index is -5.26. The Morgan fingerprint density at radius 3 is 1.97 bits per heavy atom. The van der Waals surface area contributed by atoms with Crippen molar-refractivity contribution in [3.8, 4) is 11.5 Å². The number of para-hydroxylation sites is 1. The van der Waals surface area contributed by atoms with E-state index in [1.54, 1.807) is 66.1 Å². The van der Waals surface area contributed by atoms with Crippen LogP contribution >= 0.6 is 0 Å². The predicted molar refractivity (Wildman–Crippen MR) is 127 cm³/mol. The molecule has 0 spiro atoms. The summed E-state index contributed by atoms with van der Waals surface area (Å²) in [6, 6.07) is 22.0. The molecule has 7 nitrogen and oxygen atoms in total. The summed E-state index contributed by atoms with van der Waals surface area (Å²) in [4.78, 5) is 17.3. The fourth-order valence-corrected chi connectivity index (χ4v) is 5.05. The lowest BCUT2D eigenvalue weighted by atomic mass is 10.0. The number of likely N-dealkylation sites (N-methyl/N-ethyl adjacent to an activating group) is 1. The maximum atomic E-state index is 14.3. The number of hydrogen-bond acceptors (Lipinski definition) is 6. The van der Waals surface area contributed by atoms with Gasteiger partial charge >= 0.3 is 6.18 Å². The Labute approximate surface area is 207 Å². The molecule has 36 heavy (non-hydrogen) atoms. The Balaban J connectivity index is 1.81. The van der Waals surface area contributed by atoms with Gasteiger partial charge in [-0.3, -0.25) is 14.9 Å². The van der Waals surface area contributed by atoms with Gasteiger partial charge in [0.1, 0.15) is 11.5 Å². The number of nitrogens with one attached hydrogen (secondary N) is 2. The second kappa shape index (κ2) is 11.5. The van der Waals surface area contributed by atoms with Gasteiger partial charge in [-0.05, 0) is 48.5 Å². The number of benzene rings is 3. The number of carbonyl (C=O) groups is 1. The summed E-state index contributed by atoms with van der Waals surface area (Å²) in [5, 5.41) is 2.03. The van der Waals surface area contributed by atoms with E-state index >= 15 is 0 Å². The van der Waals surface area contributed by atoms with Crippen molar-refractivity contribution in [2.75, 3.05) is 12.3 Å². The molecule has 3 aromatic carbocycles. The molecule has 0 radical (unpaired) electrons. The van der Waals surface area contributed by atoms with E-state index in [1.165, 1.54) is 19.1 Å². The highest BCUT2D eigenvalue weighted by molar-refractivity contribution is 7.91. The molecule has 192 valence electrons. The van der Waals surface area contributed by atoms with Gasteiger partial charge in [0.2, 0.25) is 5.54 Å². The van der Waals surface area contributed by atoms with Gasteiger partial charge in [0.05, 0.1) is 17.3 Å². The lowest BCUT2D eigenvalue weighted by molar-refractivity contribution is -0.201. The number of hydroxylamine groups is 1. The maximum Gasteiger partial charge on any atom is 0.416 e. The standard InChI is InChI=1S/C25H25F3N2O5S/c1-2-29-24(25(26,27)28,23(31)30-34-17-19-9-5-3-6-10-19)18-36(32,33)22-15-13-21(14-16-22)35-20-11-7-4-8-12-20/h3-16,29H,2,17-18H2,1H3,(H,30,31). The van der Waals surface area contributed by atoms with E-state index in [0.717, 1.165) is 12.1 Å². The first-order valence-corrected chi connectivity index (χ1v) is 12.6. The average Bonchev–Trinajstić information content (AvgIpc) is 2.84. The zero-order valence-corrected chi connectivity index (χ0v) is 20.1. The van der Waals surface area contributed by atoms with Crippen LogP contribution in [0.15, 0.2) is 89.8 Å². The molecule has 0 bridgehead atoms. The highest BCUT2D eigenvalue weighted by Gasteiger charge is 2.62. The van der Waals surface area contributed by atoms with E-state index in [4.69, 9.17) is 9.57 Å². The van der Waals surface area contributed by atoms with E-state index in [9.17, 15) is 26.4 Å². The van der Waals surface area contributed by atoms with E-state index in [1.807, 2.05) is 5.32 Å². The third-order valence-electron chi connectivity index (χ3n) is 5.16. The fraction of sp³-hybridized carbons (Fsp3) is 0.240. The van der Waals surface area contributed by atoms with Crippen molar-refractivity contribution in [1.29, 1.82) is 0 Å². The van der Waals surface area contributed by atoms with Crippen molar-refractivity contribution in [3.05, 3.63) is 90.5 Å². The Kier molecular flexibility index (Phi) is 8.72. The zero-order valence-electron chi connectivity index (χ0n) is 19.3. The molecule has 0 aliphatic rings. The summed E-state index contributed by atoms with van der Waals surface area (Å²) in [5.74, 6) is -2.44. The lowest BCUT2D eigenvalue weighted by Gasteiger charge is -2.34. The Morgan fingerprint density at radius 1 is 0.861 bits per heavy atom. The van der Waals surface area contributed by atoms with Crippen molar-refractivity contribution in [1.82, 2.24) is 10.8 Å². The second-order valence-corrected chi connectivity index (χ2v) is 9.77. The van der Waals surface area contributed by atoms with Crippen LogP contribution in [0, 0.1) is 0 Å². The van der Waals surface area contributed by atoms with E-state index < -0.39 is 38.1 Å². The number of rotatable bonds is 11. The summed E-state index contributed by atoms with van der Waals surface area (Å²) in [6.07, 6.45) is -5.26. The number of hydrogen-bond donors (Lipinski definition) is 2. The summed E-state index contributed by atoms with van der Waals surface area (Å²) >= 11 is 0. The van der Waals surface area contributed by atoms with Gasteiger partial charge in [0, 0.05) is 0 Å². The molecular formula is C25H25F3N2O5S. The molecule has 3 aromatic rings. The van der Waals surface area contributed by atoms with Gasteiger partial charge < -0.3 is 4.74 Å². The third-order valence-corrected chi connectivity index (χ3v) is 6.97. The predicted octanol–water partition coefficient (Wildman–Crippen LogP) is 4.41. The van der Waals surface area contributed by atoms with Crippen molar-refractivity contribution in [2.24, 2.45) is 0 Å². The number of alkyl halides is 3. The zero-order chi connectivity index (χ0) is 26.2. The van der Waals surface area contributed by atoms with Gasteiger partial charge in [-0.2, -0.15) is 13.2 Å². The Hall–Kier alpha value is -3.41. The van der Waals surface area contributed by atoms with E-state index in [0.29, 0.717) is 17.1 Å². The molecule has 3 rings (SSSR count). The summed E-state index contributed by atoms with van der Waals surface area (Å²) in [6.45, 7) is 0.800. The van der Waals surface area contributed by atoms with Crippen molar-refractivity contribution >= 4 is 15.7 Å². The van der Waals surface area contributed by atoms with Crippen LogP contribution in [0.25, 0.3) is 0 Å². The fourth-order valence-electron chi connectivity index (χ4n) is 3.36. The molecule has 0 aliphatic heterocycles. The highest BCUT2D eigenvalue weighted by atomic mass is 32.2. The van der Waals surface area contributed by atoms with E-state index in [-0.39, 0.29) is 13.2 Å². The summed E-state index contributed by atoms with van der Waals surface area (Å²) in [7, 11) is -4.59. The average molecular weight is 523 g/mol. The molecule has 0 aromatic heterocycles. The number of amides is 1. The van der Waals surface area contributed by atoms with Crippen molar-refractivity contribution in [3.63, 3.8) is 0 Å². The lowest BCUT2D eigenvalue weighted by Crippen LogP contribution is -2.69. The van der Waals surface area contributed by atoms with Crippen molar-refractivity contribution < 1.29 is 36.0 Å².